The molecular weight excluding hydrogens is 328 g/mol. The molecule has 0 saturated carbocycles. The van der Waals surface area contributed by atoms with Gasteiger partial charge < -0.3 is 15.5 Å². The summed E-state index contributed by atoms with van der Waals surface area (Å²) in [6, 6.07) is 0. The predicted molar refractivity (Wildman–Crippen MR) is 92.5 cm³/mol. The van der Waals surface area contributed by atoms with E-state index < -0.39 is 11.9 Å². The Morgan fingerprint density at radius 1 is 0.800 bits per heavy atom. The summed E-state index contributed by atoms with van der Waals surface area (Å²) < 4.78 is 0. The van der Waals surface area contributed by atoms with Gasteiger partial charge in [-0.1, -0.05) is 13.3 Å². The molecule has 25 heavy (non-hydrogen) atoms. The van der Waals surface area contributed by atoms with Crippen LogP contribution in [0.3, 0.4) is 0 Å². The first kappa shape index (κ1) is 21.3. The Bertz CT molecular complexity index is 418. The van der Waals surface area contributed by atoms with Crippen LogP contribution in [0.5, 0.6) is 0 Å². The van der Waals surface area contributed by atoms with E-state index in [1.165, 1.54) is 0 Å². The van der Waals surface area contributed by atoms with E-state index in [1.54, 1.807) is 9.80 Å². The third-order valence-corrected chi connectivity index (χ3v) is 4.13. The summed E-state index contributed by atoms with van der Waals surface area (Å²) in [6.07, 6.45) is 1.95. The molecule has 0 aliphatic carbocycles. The van der Waals surface area contributed by atoms with Crippen LogP contribution < -0.4 is 5.32 Å². The van der Waals surface area contributed by atoms with E-state index in [4.69, 9.17) is 10.2 Å². The number of unbranched alkanes of at least 4 members (excludes halogenated alkanes) is 1. The van der Waals surface area contributed by atoms with Crippen LogP contribution in [-0.4, -0.2) is 108 Å². The quantitative estimate of drug-likeness (QED) is 0.450. The zero-order valence-electron chi connectivity index (χ0n) is 14.9. The van der Waals surface area contributed by atoms with E-state index in [-0.39, 0.29) is 25.5 Å². The molecule has 9 heteroatoms. The number of amides is 1. The van der Waals surface area contributed by atoms with Crippen molar-refractivity contribution in [3.8, 4) is 0 Å². The highest BCUT2D eigenvalue weighted by Gasteiger charge is 2.20. The van der Waals surface area contributed by atoms with Gasteiger partial charge in [-0.05, 0) is 6.42 Å². The molecule has 144 valence electrons. The molecule has 3 N–H and O–H groups in total. The van der Waals surface area contributed by atoms with Gasteiger partial charge in [-0.15, -0.1) is 0 Å². The van der Waals surface area contributed by atoms with Gasteiger partial charge in [0.1, 0.15) is 0 Å². The van der Waals surface area contributed by atoms with Gasteiger partial charge in [0.15, 0.2) is 0 Å². The molecule has 1 aliphatic heterocycles. The van der Waals surface area contributed by atoms with Crippen LogP contribution in [0.2, 0.25) is 0 Å². The van der Waals surface area contributed by atoms with Crippen molar-refractivity contribution in [3.05, 3.63) is 0 Å². The number of nitrogens with zero attached hydrogens (tertiary/aromatic N) is 3. The molecule has 0 aromatic carbocycles. The van der Waals surface area contributed by atoms with Crippen molar-refractivity contribution < 1.29 is 24.6 Å². The van der Waals surface area contributed by atoms with Crippen LogP contribution in [0.1, 0.15) is 19.8 Å². The summed E-state index contributed by atoms with van der Waals surface area (Å²) in [6.45, 7) is 6.00. The highest BCUT2D eigenvalue weighted by atomic mass is 16.4. The van der Waals surface area contributed by atoms with Crippen molar-refractivity contribution in [2.75, 3.05) is 65.4 Å². The minimum atomic E-state index is -0.909. The first-order valence-electron chi connectivity index (χ1n) is 8.78. The molecule has 0 unspecified atom stereocenters. The lowest BCUT2D eigenvalue weighted by atomic mass is 10.3. The number of nitrogens with one attached hydrogen (secondary N) is 1. The lowest BCUT2D eigenvalue weighted by molar-refractivity contribution is -0.140. The van der Waals surface area contributed by atoms with Crippen molar-refractivity contribution >= 4 is 17.8 Å². The largest absolute Gasteiger partial charge is 0.480 e. The van der Waals surface area contributed by atoms with Gasteiger partial charge in [0.05, 0.1) is 19.6 Å². The Labute approximate surface area is 148 Å². The van der Waals surface area contributed by atoms with E-state index in [0.717, 1.165) is 12.8 Å². The maximum Gasteiger partial charge on any atom is 0.317 e. The third kappa shape index (κ3) is 10.0. The Hall–Kier alpha value is -1.71. The Morgan fingerprint density at radius 3 is 1.56 bits per heavy atom. The molecule has 0 aromatic rings. The van der Waals surface area contributed by atoms with Crippen molar-refractivity contribution in [2.45, 2.75) is 19.8 Å². The smallest absolute Gasteiger partial charge is 0.317 e. The average molecular weight is 358 g/mol. The normalized spacial score (nSPS) is 18.1. The Balaban J connectivity index is 2.62. The fourth-order valence-corrected chi connectivity index (χ4v) is 2.70. The number of hydrogen-bond acceptors (Lipinski definition) is 6. The van der Waals surface area contributed by atoms with Gasteiger partial charge in [0, 0.05) is 45.8 Å². The number of carboxylic acid groups (broad SMARTS) is 2. The predicted octanol–water partition coefficient (Wildman–Crippen LogP) is -1.01. The maximum absolute atomic E-state index is 12.0. The number of hydrogen-bond donors (Lipinski definition) is 3. The lowest BCUT2D eigenvalue weighted by Crippen LogP contribution is -2.43. The summed E-state index contributed by atoms with van der Waals surface area (Å²) in [7, 11) is 0. The van der Waals surface area contributed by atoms with E-state index in [1.807, 2.05) is 4.90 Å². The third-order valence-electron chi connectivity index (χ3n) is 4.13. The van der Waals surface area contributed by atoms with E-state index >= 15 is 0 Å². The van der Waals surface area contributed by atoms with Crippen LogP contribution in [0.4, 0.5) is 0 Å². The van der Waals surface area contributed by atoms with Crippen LogP contribution in [0.15, 0.2) is 0 Å². The molecule has 1 rings (SSSR count). The molecule has 1 saturated heterocycles. The molecule has 1 amide bonds. The van der Waals surface area contributed by atoms with Crippen molar-refractivity contribution in [1.29, 1.82) is 0 Å². The van der Waals surface area contributed by atoms with E-state index in [9.17, 15) is 14.4 Å². The molecular formula is C16H30N4O5. The molecule has 0 atom stereocenters. The highest BCUT2D eigenvalue weighted by molar-refractivity contribution is 5.78. The van der Waals surface area contributed by atoms with E-state index in [2.05, 4.69) is 12.2 Å². The Kier molecular flexibility index (Phi) is 10.0. The standard InChI is InChI=1S/C16H30N4O5/c1-2-3-4-17-14(21)11-18-5-7-19(12-15(22)23)9-10-20(8-6-18)13-16(24)25/h2-13H2,1H3,(H,17,21)(H,22,23)(H,24,25). The second-order valence-corrected chi connectivity index (χ2v) is 6.32. The van der Waals surface area contributed by atoms with Crippen LogP contribution in [-0.2, 0) is 14.4 Å². The topological polar surface area (TPSA) is 113 Å². The summed E-state index contributed by atoms with van der Waals surface area (Å²) in [4.78, 5) is 39.5. The number of carbonyl (C=O) groups excluding carboxylic acids is 1. The second-order valence-electron chi connectivity index (χ2n) is 6.32. The fourth-order valence-electron chi connectivity index (χ4n) is 2.70. The summed E-state index contributed by atoms with van der Waals surface area (Å²) in [5.74, 6) is -1.87. The lowest BCUT2D eigenvalue weighted by Gasteiger charge is -2.24. The van der Waals surface area contributed by atoms with Gasteiger partial charge in [0.2, 0.25) is 5.91 Å². The fraction of sp³-hybridized carbons (Fsp3) is 0.812. The summed E-state index contributed by atoms with van der Waals surface area (Å²) >= 11 is 0. The monoisotopic (exact) mass is 358 g/mol. The maximum atomic E-state index is 12.0. The molecule has 0 spiro atoms. The first-order chi connectivity index (χ1) is 11.9. The zero-order valence-corrected chi connectivity index (χ0v) is 14.9. The summed E-state index contributed by atoms with van der Waals surface area (Å²) in [5.41, 5.74) is 0. The molecule has 9 nitrogen and oxygen atoms in total. The number of aliphatic carboxylic acids is 2. The minimum absolute atomic E-state index is 0.0535. The first-order valence-corrected chi connectivity index (χ1v) is 8.78. The second kappa shape index (κ2) is 11.8. The summed E-state index contributed by atoms with van der Waals surface area (Å²) in [5, 5.41) is 20.9. The van der Waals surface area contributed by atoms with Gasteiger partial charge in [0.25, 0.3) is 0 Å². The molecule has 0 radical (unpaired) electrons. The van der Waals surface area contributed by atoms with Gasteiger partial charge in [-0.25, -0.2) is 0 Å². The highest BCUT2D eigenvalue weighted by Crippen LogP contribution is 2.01. The van der Waals surface area contributed by atoms with Crippen LogP contribution in [0.25, 0.3) is 0 Å². The van der Waals surface area contributed by atoms with Crippen molar-refractivity contribution in [1.82, 2.24) is 20.0 Å². The molecule has 1 fully saturated rings. The van der Waals surface area contributed by atoms with Gasteiger partial charge in [-0.2, -0.15) is 0 Å². The molecule has 1 aliphatic rings. The molecule has 1 heterocycles. The molecule has 0 aromatic heterocycles. The average Bonchev–Trinajstić information content (AvgIpc) is 2.60. The number of carbonyl (C=O) groups is 3. The van der Waals surface area contributed by atoms with E-state index in [0.29, 0.717) is 45.8 Å². The zero-order chi connectivity index (χ0) is 18.7. The van der Waals surface area contributed by atoms with Crippen LogP contribution in [0, 0.1) is 0 Å². The van der Waals surface area contributed by atoms with Crippen molar-refractivity contribution in [3.63, 3.8) is 0 Å². The number of carboxylic acids is 2. The van der Waals surface area contributed by atoms with Gasteiger partial charge in [-0.3, -0.25) is 29.1 Å². The Morgan fingerprint density at radius 2 is 1.20 bits per heavy atom. The van der Waals surface area contributed by atoms with Crippen molar-refractivity contribution in [2.24, 2.45) is 0 Å². The SMILES string of the molecule is CCCCNC(=O)CN1CCN(CC(=O)O)CCN(CC(=O)O)CC1. The van der Waals surface area contributed by atoms with Gasteiger partial charge >= 0.3 is 11.9 Å². The molecule has 0 bridgehead atoms. The van der Waals surface area contributed by atoms with Crippen LogP contribution >= 0.6 is 0 Å². The number of rotatable bonds is 9. The minimum Gasteiger partial charge on any atom is -0.480 e.